The van der Waals surface area contributed by atoms with E-state index in [0.717, 1.165) is 5.56 Å². The van der Waals surface area contributed by atoms with Crippen molar-refractivity contribution in [3.63, 3.8) is 0 Å². The quantitative estimate of drug-likeness (QED) is 0.562. The molecule has 1 atom stereocenters. The second-order valence-corrected chi connectivity index (χ2v) is 2.79. The summed E-state index contributed by atoms with van der Waals surface area (Å²) in [6.45, 7) is 2.12. The number of rotatable bonds is 2. The number of nitrogens with one attached hydrogen (secondary N) is 1. The minimum Gasteiger partial charge on any atom is -0.329 e. The first-order valence-corrected chi connectivity index (χ1v) is 3.80. The molecule has 1 aromatic heterocycles. The van der Waals surface area contributed by atoms with E-state index < -0.39 is 0 Å². The van der Waals surface area contributed by atoms with Gasteiger partial charge in [-0.15, -0.1) is 0 Å². The van der Waals surface area contributed by atoms with Crippen molar-refractivity contribution in [2.75, 3.05) is 6.54 Å². The third-order valence-corrected chi connectivity index (χ3v) is 1.79. The van der Waals surface area contributed by atoms with E-state index in [9.17, 15) is 4.79 Å². The molecule has 1 rings (SSSR count). The minimum atomic E-state index is -0.194. The molecule has 1 heterocycles. The van der Waals surface area contributed by atoms with Crippen molar-refractivity contribution in [3.8, 4) is 0 Å². The number of aryl methyl sites for hydroxylation is 1. The van der Waals surface area contributed by atoms with Crippen LogP contribution in [-0.4, -0.2) is 11.5 Å². The Labute approximate surface area is 70.6 Å². The van der Waals surface area contributed by atoms with Crippen LogP contribution < -0.4 is 17.0 Å². The first-order chi connectivity index (χ1) is 5.65. The van der Waals surface area contributed by atoms with Crippen molar-refractivity contribution in [1.82, 2.24) is 4.98 Å². The molecule has 0 bridgehead atoms. The van der Waals surface area contributed by atoms with Gasteiger partial charge in [0.1, 0.15) is 0 Å². The SMILES string of the molecule is Cc1cc([C@H](N)CN)c[nH]c1=O. The molecule has 0 aliphatic heterocycles. The third kappa shape index (κ3) is 1.72. The molecule has 4 heteroatoms. The zero-order valence-electron chi connectivity index (χ0n) is 7.00. The number of nitrogens with two attached hydrogens (primary N) is 2. The van der Waals surface area contributed by atoms with Crippen molar-refractivity contribution < 1.29 is 0 Å². The van der Waals surface area contributed by atoms with Crippen LogP contribution in [0.5, 0.6) is 0 Å². The number of H-pyrrole nitrogens is 1. The van der Waals surface area contributed by atoms with Crippen LogP contribution in [0.4, 0.5) is 0 Å². The van der Waals surface area contributed by atoms with Crippen LogP contribution in [0.2, 0.25) is 0 Å². The fourth-order valence-electron chi connectivity index (χ4n) is 0.970. The predicted molar refractivity (Wildman–Crippen MR) is 47.8 cm³/mol. The zero-order valence-corrected chi connectivity index (χ0v) is 7.00. The van der Waals surface area contributed by atoms with Crippen molar-refractivity contribution >= 4 is 0 Å². The minimum absolute atomic E-state index is 0.0806. The van der Waals surface area contributed by atoms with Gasteiger partial charge in [0.2, 0.25) is 0 Å². The van der Waals surface area contributed by atoms with Gasteiger partial charge < -0.3 is 16.5 Å². The zero-order chi connectivity index (χ0) is 9.14. The number of hydrogen-bond donors (Lipinski definition) is 3. The fraction of sp³-hybridized carbons (Fsp3) is 0.375. The molecule has 4 nitrogen and oxygen atoms in total. The number of aromatic amines is 1. The maximum atomic E-state index is 11.0. The van der Waals surface area contributed by atoms with E-state index >= 15 is 0 Å². The van der Waals surface area contributed by atoms with E-state index in [2.05, 4.69) is 4.98 Å². The Morgan fingerprint density at radius 2 is 2.33 bits per heavy atom. The van der Waals surface area contributed by atoms with Crippen molar-refractivity contribution in [2.45, 2.75) is 13.0 Å². The summed E-state index contributed by atoms with van der Waals surface area (Å²) in [6, 6.07) is 1.57. The van der Waals surface area contributed by atoms with Crippen molar-refractivity contribution in [2.24, 2.45) is 11.5 Å². The molecule has 5 N–H and O–H groups in total. The highest BCUT2D eigenvalue weighted by Crippen LogP contribution is 2.05. The van der Waals surface area contributed by atoms with E-state index in [1.54, 1.807) is 19.2 Å². The molecule has 0 aliphatic rings. The first kappa shape index (κ1) is 8.96. The van der Waals surface area contributed by atoms with Gasteiger partial charge in [0.25, 0.3) is 5.56 Å². The van der Waals surface area contributed by atoms with Gasteiger partial charge in [0.05, 0.1) is 0 Å². The van der Waals surface area contributed by atoms with E-state index in [4.69, 9.17) is 11.5 Å². The number of aromatic nitrogens is 1. The van der Waals surface area contributed by atoms with Gasteiger partial charge in [-0.1, -0.05) is 0 Å². The Morgan fingerprint density at radius 3 is 2.83 bits per heavy atom. The van der Waals surface area contributed by atoms with Crippen LogP contribution in [0.15, 0.2) is 17.1 Å². The van der Waals surface area contributed by atoms with Crippen LogP contribution in [0.3, 0.4) is 0 Å². The largest absolute Gasteiger partial charge is 0.329 e. The lowest BCUT2D eigenvalue weighted by molar-refractivity contribution is 0.731. The molecule has 0 saturated heterocycles. The summed E-state index contributed by atoms with van der Waals surface area (Å²) in [5.41, 5.74) is 12.5. The predicted octanol–water partition coefficient (Wildman–Crippen LogP) is -0.358. The standard InChI is InChI=1S/C8H13N3O/c1-5-2-6(7(10)3-9)4-11-8(5)12/h2,4,7H,3,9-10H2,1H3,(H,11,12)/t7-/m1/s1. The van der Waals surface area contributed by atoms with Gasteiger partial charge in [0.15, 0.2) is 0 Å². The average molecular weight is 167 g/mol. The van der Waals surface area contributed by atoms with Crippen LogP contribution in [0.1, 0.15) is 17.2 Å². The molecule has 66 valence electrons. The molecular weight excluding hydrogens is 154 g/mol. The molecule has 0 aliphatic carbocycles. The summed E-state index contributed by atoms with van der Waals surface area (Å²) in [6.07, 6.45) is 1.60. The summed E-state index contributed by atoms with van der Waals surface area (Å²) >= 11 is 0. The Morgan fingerprint density at radius 1 is 1.67 bits per heavy atom. The molecule has 1 aromatic rings. The van der Waals surface area contributed by atoms with Crippen LogP contribution in [0, 0.1) is 6.92 Å². The van der Waals surface area contributed by atoms with Gasteiger partial charge in [0, 0.05) is 24.3 Å². The number of pyridine rings is 1. The molecule has 0 aromatic carbocycles. The van der Waals surface area contributed by atoms with E-state index in [-0.39, 0.29) is 11.6 Å². The summed E-state index contributed by atoms with van der Waals surface area (Å²) in [5.74, 6) is 0. The molecule has 0 amide bonds. The Balaban J connectivity index is 3.04. The topological polar surface area (TPSA) is 84.9 Å². The summed E-state index contributed by atoms with van der Waals surface area (Å²) in [5, 5.41) is 0. The lowest BCUT2D eigenvalue weighted by Gasteiger charge is -2.08. The summed E-state index contributed by atoms with van der Waals surface area (Å²) in [4.78, 5) is 13.5. The Hall–Kier alpha value is -1.13. The maximum absolute atomic E-state index is 11.0. The highest BCUT2D eigenvalue weighted by Gasteiger charge is 2.04. The summed E-state index contributed by atoms with van der Waals surface area (Å²) in [7, 11) is 0. The second kappa shape index (κ2) is 3.51. The molecule has 0 unspecified atom stereocenters. The van der Waals surface area contributed by atoms with Gasteiger partial charge in [-0.2, -0.15) is 0 Å². The molecule has 0 saturated carbocycles. The third-order valence-electron chi connectivity index (χ3n) is 1.79. The lowest BCUT2D eigenvalue weighted by Crippen LogP contribution is -2.22. The highest BCUT2D eigenvalue weighted by molar-refractivity contribution is 5.20. The van der Waals surface area contributed by atoms with Crippen molar-refractivity contribution in [3.05, 3.63) is 33.7 Å². The maximum Gasteiger partial charge on any atom is 0.250 e. The monoisotopic (exact) mass is 167 g/mol. The lowest BCUT2D eigenvalue weighted by atomic mass is 10.1. The highest BCUT2D eigenvalue weighted by atomic mass is 16.1. The van der Waals surface area contributed by atoms with Gasteiger partial charge in [-0.3, -0.25) is 4.79 Å². The smallest absolute Gasteiger partial charge is 0.250 e. The van der Waals surface area contributed by atoms with E-state index in [1.165, 1.54) is 0 Å². The average Bonchev–Trinajstić information content (AvgIpc) is 2.08. The van der Waals surface area contributed by atoms with Crippen LogP contribution in [0.25, 0.3) is 0 Å². The van der Waals surface area contributed by atoms with Gasteiger partial charge in [-0.05, 0) is 18.6 Å². The van der Waals surface area contributed by atoms with E-state index in [1.807, 2.05) is 0 Å². The Kier molecular flexibility index (Phi) is 2.62. The Bertz CT molecular complexity index is 318. The van der Waals surface area contributed by atoms with Gasteiger partial charge in [-0.25, -0.2) is 0 Å². The molecule has 0 spiro atoms. The van der Waals surface area contributed by atoms with Crippen LogP contribution >= 0.6 is 0 Å². The molecule has 0 radical (unpaired) electrons. The summed E-state index contributed by atoms with van der Waals surface area (Å²) < 4.78 is 0. The van der Waals surface area contributed by atoms with Crippen LogP contribution in [-0.2, 0) is 0 Å². The second-order valence-electron chi connectivity index (χ2n) is 2.79. The number of hydrogen-bond acceptors (Lipinski definition) is 3. The fourth-order valence-corrected chi connectivity index (χ4v) is 0.970. The molecular formula is C8H13N3O. The molecule has 12 heavy (non-hydrogen) atoms. The van der Waals surface area contributed by atoms with E-state index in [0.29, 0.717) is 12.1 Å². The van der Waals surface area contributed by atoms with Crippen molar-refractivity contribution in [1.29, 1.82) is 0 Å². The van der Waals surface area contributed by atoms with Gasteiger partial charge >= 0.3 is 0 Å². The molecule has 0 fully saturated rings. The normalized spacial score (nSPS) is 12.9. The first-order valence-electron chi connectivity index (χ1n) is 3.80.